The Morgan fingerprint density at radius 3 is 1.78 bits per heavy atom. The fourth-order valence-corrected chi connectivity index (χ4v) is 7.41. The van der Waals surface area contributed by atoms with Crippen molar-refractivity contribution in [3.05, 3.63) is 187 Å². The first kappa shape index (κ1) is 37.1. The summed E-state index contributed by atoms with van der Waals surface area (Å²) in [5, 5.41) is 1.83. The van der Waals surface area contributed by atoms with E-state index < -0.39 is 0 Å². The number of aromatic nitrogens is 5. The molecule has 3 aromatic heterocycles. The molecule has 0 N–H and O–H groups in total. The average molecular weight is 970 g/mol. The van der Waals surface area contributed by atoms with Crippen molar-refractivity contribution in [1.82, 2.24) is 24.9 Å². The van der Waals surface area contributed by atoms with Gasteiger partial charge in [-0.25, -0.2) is 26.6 Å². The van der Waals surface area contributed by atoms with Crippen molar-refractivity contribution in [2.24, 2.45) is 0 Å². The van der Waals surface area contributed by atoms with Crippen LogP contribution < -0.4 is 0 Å². The van der Waals surface area contributed by atoms with Crippen LogP contribution in [0.4, 0.5) is 0 Å². The summed E-state index contributed by atoms with van der Waals surface area (Å²) < 4.78 is 6.48. The topological polar surface area (TPSA) is 77.6 Å². The molecule has 0 aliphatic heterocycles. The summed E-state index contributed by atoms with van der Waals surface area (Å²) in [4.78, 5) is 25.3. The summed E-state index contributed by atoms with van der Waals surface area (Å²) in [5.74, 6) is 2.36. The van der Waals surface area contributed by atoms with Gasteiger partial charge in [-0.3, -0.25) is 4.98 Å². The second kappa shape index (κ2) is 15.8. The Hall–Kier alpha value is -6.52. The van der Waals surface area contributed by atoms with Crippen molar-refractivity contribution in [2.75, 3.05) is 0 Å². The molecule has 0 aliphatic carbocycles. The van der Waals surface area contributed by atoms with Crippen LogP contribution in [0.25, 0.3) is 101 Å². The largest absolute Gasteiger partial charge is 2.00 e. The monoisotopic (exact) mass is 969 g/mol. The summed E-state index contributed by atoms with van der Waals surface area (Å²) in [6.07, 6.45) is 0. The molecule has 7 aromatic carbocycles. The first-order valence-corrected chi connectivity index (χ1v) is 18.8. The van der Waals surface area contributed by atoms with Gasteiger partial charge in [-0.2, -0.15) is 24.3 Å². The smallest absolute Gasteiger partial charge is 0.456 e. The molecule has 3 heterocycles. The van der Waals surface area contributed by atoms with Crippen LogP contribution in [-0.4, -0.2) is 24.9 Å². The van der Waals surface area contributed by atoms with E-state index in [-0.39, 0.29) is 31.1 Å². The first-order chi connectivity index (χ1) is 28.1. The Labute approximate surface area is 360 Å². The maximum Gasteiger partial charge on any atom is 2.00 e. The van der Waals surface area contributed by atoms with Crippen LogP contribution in [0.15, 0.2) is 168 Å². The van der Waals surface area contributed by atoms with Crippen molar-refractivity contribution < 1.29 is 35.5 Å². The normalized spacial score (nSPS) is 11.1. The van der Waals surface area contributed by atoms with Crippen LogP contribution in [0.2, 0.25) is 0 Å². The average Bonchev–Trinajstić information content (AvgIpc) is 3.66. The standard InChI is InChI=1S/C51H33N5O.U/c1-32-15-12-13-22-39(32)40-27-25-38(29-33(40)2)50-54-49(36-20-10-5-11-21-36)55-51(56-50)41-23-14-24-46-47(41)42-30-37(26-28-45(42)57-46)44-31-43(34-16-6-3-7-17-34)52-48(53-44)35-18-8-4-9-19-35;/h3-16,18-30H,1-2H3;/q-2;+2. The molecule has 10 rings (SSSR count). The minimum atomic E-state index is 0. The second-order valence-electron chi connectivity index (χ2n) is 14.0. The Kier molecular flexibility index (Phi) is 10.1. The summed E-state index contributed by atoms with van der Waals surface area (Å²) >= 11 is 0. The summed E-state index contributed by atoms with van der Waals surface area (Å²) in [6.45, 7) is 4.28. The predicted octanol–water partition coefficient (Wildman–Crippen LogP) is 12.4. The van der Waals surface area contributed by atoms with E-state index in [2.05, 4.69) is 80.6 Å². The molecule has 0 unspecified atom stereocenters. The van der Waals surface area contributed by atoms with Gasteiger partial charge in [0, 0.05) is 33.0 Å². The Bertz CT molecular complexity index is 3040. The van der Waals surface area contributed by atoms with Crippen LogP contribution in [0.1, 0.15) is 11.1 Å². The van der Waals surface area contributed by atoms with Gasteiger partial charge in [0.15, 0.2) is 17.5 Å². The number of furan rings is 1. The number of fused-ring (bicyclic) bond motifs is 3. The number of benzene rings is 7. The molecular formula is C51H33N5OU. The van der Waals surface area contributed by atoms with E-state index in [9.17, 15) is 0 Å². The maximum absolute atomic E-state index is 6.48. The maximum atomic E-state index is 6.48. The number of aryl methyl sites for hydroxylation is 2. The van der Waals surface area contributed by atoms with Gasteiger partial charge in [0.25, 0.3) is 0 Å². The molecule has 7 heteroatoms. The third kappa shape index (κ3) is 7.05. The summed E-state index contributed by atoms with van der Waals surface area (Å²) in [5.41, 5.74) is 12.9. The van der Waals surface area contributed by atoms with Gasteiger partial charge in [-0.1, -0.05) is 121 Å². The molecule has 0 radical (unpaired) electrons. The van der Waals surface area contributed by atoms with E-state index in [4.69, 9.17) is 29.3 Å². The van der Waals surface area contributed by atoms with E-state index in [0.717, 1.165) is 60.9 Å². The van der Waals surface area contributed by atoms with E-state index >= 15 is 0 Å². The zero-order valence-corrected chi connectivity index (χ0v) is 35.9. The Morgan fingerprint density at radius 2 is 1.05 bits per heavy atom. The van der Waals surface area contributed by atoms with Gasteiger partial charge in [0.2, 0.25) is 0 Å². The third-order valence-electron chi connectivity index (χ3n) is 10.3. The van der Waals surface area contributed by atoms with Crippen LogP contribution >= 0.6 is 0 Å². The number of rotatable bonds is 7. The molecule has 0 saturated carbocycles. The van der Waals surface area contributed by atoms with Gasteiger partial charge in [-0.05, 0) is 60.0 Å². The van der Waals surface area contributed by atoms with Crippen LogP contribution in [0.3, 0.4) is 0 Å². The van der Waals surface area contributed by atoms with E-state index in [1.54, 1.807) is 0 Å². The molecule has 0 aliphatic rings. The SMILES string of the molecule is Cc1ccccc1-c1ccc(-c2nc(-c3ccccc3)nc(-c3cccc4oc5ccc(-c6[c-]c(-c7[c-]cccc7)nc(-c7ccccc7)n6)cc5c34)n2)cc1C.[U+2]. The van der Waals surface area contributed by atoms with Crippen molar-refractivity contribution >= 4 is 21.9 Å². The fourth-order valence-electron chi connectivity index (χ4n) is 7.41. The van der Waals surface area contributed by atoms with Gasteiger partial charge in [-0.15, -0.1) is 17.8 Å². The fraction of sp³-hybridized carbons (Fsp3) is 0.0392. The molecule has 0 atom stereocenters. The molecule has 0 saturated heterocycles. The van der Waals surface area contributed by atoms with Gasteiger partial charge < -0.3 is 9.40 Å². The minimum absolute atomic E-state index is 0. The van der Waals surface area contributed by atoms with Crippen LogP contribution in [-0.2, 0) is 0 Å². The zero-order chi connectivity index (χ0) is 38.3. The molecule has 272 valence electrons. The number of nitrogens with zero attached hydrogens (tertiary/aromatic N) is 5. The molecule has 58 heavy (non-hydrogen) atoms. The first-order valence-electron chi connectivity index (χ1n) is 18.8. The molecule has 6 nitrogen and oxygen atoms in total. The summed E-state index contributed by atoms with van der Waals surface area (Å²) in [7, 11) is 0. The number of hydrogen-bond acceptors (Lipinski definition) is 6. The molecular weight excluding hydrogens is 937 g/mol. The van der Waals surface area contributed by atoms with Crippen molar-refractivity contribution in [3.8, 4) is 79.2 Å². The second-order valence-corrected chi connectivity index (χ2v) is 14.0. The molecule has 10 aromatic rings. The molecule has 0 bridgehead atoms. The van der Waals surface area contributed by atoms with Crippen LogP contribution in [0.5, 0.6) is 0 Å². The van der Waals surface area contributed by atoms with E-state index in [1.807, 2.05) is 109 Å². The number of hydrogen-bond donors (Lipinski definition) is 0. The molecule has 0 fully saturated rings. The van der Waals surface area contributed by atoms with Crippen molar-refractivity contribution in [2.45, 2.75) is 13.8 Å². The Balaban J connectivity index is 0.00000436. The zero-order valence-electron chi connectivity index (χ0n) is 31.7. The van der Waals surface area contributed by atoms with Crippen molar-refractivity contribution in [3.63, 3.8) is 0 Å². The van der Waals surface area contributed by atoms with Gasteiger partial charge in [0.05, 0.1) is 0 Å². The predicted molar refractivity (Wildman–Crippen MR) is 228 cm³/mol. The van der Waals surface area contributed by atoms with Crippen molar-refractivity contribution in [1.29, 1.82) is 0 Å². The minimum Gasteiger partial charge on any atom is -0.456 e. The van der Waals surface area contributed by atoms with E-state index in [0.29, 0.717) is 34.7 Å². The van der Waals surface area contributed by atoms with Gasteiger partial charge >= 0.3 is 31.1 Å². The summed E-state index contributed by atoms with van der Waals surface area (Å²) in [6, 6.07) is 61.7. The third-order valence-corrected chi connectivity index (χ3v) is 10.3. The van der Waals surface area contributed by atoms with Gasteiger partial charge in [0.1, 0.15) is 17.0 Å². The van der Waals surface area contributed by atoms with Crippen LogP contribution in [0, 0.1) is 57.1 Å². The quantitative estimate of drug-likeness (QED) is 0.148. The molecule has 0 amide bonds. The Morgan fingerprint density at radius 1 is 0.431 bits per heavy atom. The van der Waals surface area contributed by atoms with E-state index in [1.165, 1.54) is 16.7 Å². The molecule has 0 spiro atoms.